The molecule has 0 aliphatic carbocycles. The van der Waals surface area contributed by atoms with E-state index in [-0.39, 0.29) is 34.1 Å². The fraction of sp³-hybridized carbons (Fsp3) is 0.304. The number of pyridine rings is 2. The summed E-state index contributed by atoms with van der Waals surface area (Å²) in [6, 6.07) is 7.98. The number of nitrogens with one attached hydrogen (secondary N) is 1. The molecule has 1 atom stereocenters. The van der Waals surface area contributed by atoms with Crippen LogP contribution in [-0.4, -0.2) is 49.0 Å². The first-order chi connectivity index (χ1) is 16.6. The molecular weight excluding hydrogens is 479 g/mol. The Labute approximate surface area is 202 Å². The second-order valence-electron chi connectivity index (χ2n) is 7.70. The zero-order valence-electron chi connectivity index (χ0n) is 19.6. The molecule has 35 heavy (non-hydrogen) atoms. The summed E-state index contributed by atoms with van der Waals surface area (Å²) in [4.78, 5) is 19.9. The average molecular weight is 505 g/mol. The van der Waals surface area contributed by atoms with Gasteiger partial charge in [-0.3, -0.25) is 10.1 Å². The standard InChI is InChI=1S/C23H25FN4O6S/c1-5-34-23-20(33-3)11-10-18(27-23)19(13-35(4,31)32)26-22-21(28(29)30)14(2)16(12-25-22)15-8-6-7-9-17(15)24/h6-12,19H,5,13H2,1-4H3,(H,25,26)/t19-/m1/s1. The monoisotopic (exact) mass is 504 g/mol. The molecular formula is C23H25FN4O6S. The van der Waals surface area contributed by atoms with Gasteiger partial charge in [-0.15, -0.1) is 0 Å². The molecule has 0 radical (unpaired) electrons. The third kappa shape index (κ3) is 6.01. The molecule has 0 bridgehead atoms. The zero-order valence-corrected chi connectivity index (χ0v) is 20.4. The van der Waals surface area contributed by atoms with Crippen LogP contribution in [0.3, 0.4) is 0 Å². The van der Waals surface area contributed by atoms with Crippen LogP contribution in [0.5, 0.6) is 11.6 Å². The van der Waals surface area contributed by atoms with Gasteiger partial charge < -0.3 is 14.8 Å². The third-order valence-corrected chi connectivity index (χ3v) is 6.08. The zero-order chi connectivity index (χ0) is 25.8. The topological polar surface area (TPSA) is 134 Å². The summed E-state index contributed by atoms with van der Waals surface area (Å²) in [6.45, 7) is 3.53. The smallest absolute Gasteiger partial charge is 0.314 e. The molecule has 1 N–H and O–H groups in total. The van der Waals surface area contributed by atoms with Crippen molar-refractivity contribution in [1.29, 1.82) is 0 Å². The molecule has 3 aromatic rings. The van der Waals surface area contributed by atoms with Crippen molar-refractivity contribution in [1.82, 2.24) is 9.97 Å². The molecule has 2 heterocycles. The summed E-state index contributed by atoms with van der Waals surface area (Å²) in [5.41, 5.74) is 0.446. The lowest BCUT2D eigenvalue weighted by Gasteiger charge is -2.20. The molecule has 2 aromatic heterocycles. The minimum Gasteiger partial charge on any atom is -0.491 e. The minimum absolute atomic E-state index is 0.154. The van der Waals surface area contributed by atoms with Gasteiger partial charge in [0.2, 0.25) is 5.82 Å². The third-order valence-electron chi connectivity index (χ3n) is 5.14. The molecule has 1 aromatic carbocycles. The number of hydrogen-bond acceptors (Lipinski definition) is 9. The van der Waals surface area contributed by atoms with E-state index in [0.717, 1.165) is 6.26 Å². The molecule has 0 amide bonds. The molecule has 0 aliphatic heterocycles. The number of benzene rings is 1. The first kappa shape index (κ1) is 25.8. The summed E-state index contributed by atoms with van der Waals surface area (Å²) in [5.74, 6) is -0.639. The largest absolute Gasteiger partial charge is 0.491 e. The van der Waals surface area contributed by atoms with Crippen molar-refractivity contribution in [2.45, 2.75) is 19.9 Å². The van der Waals surface area contributed by atoms with E-state index >= 15 is 0 Å². The first-order valence-corrected chi connectivity index (χ1v) is 12.6. The number of nitrogens with zero attached hydrogens (tertiary/aromatic N) is 3. The molecule has 186 valence electrons. The van der Waals surface area contributed by atoms with E-state index < -0.39 is 38.1 Å². The maximum atomic E-state index is 14.4. The summed E-state index contributed by atoms with van der Waals surface area (Å²) in [7, 11) is -2.11. The van der Waals surface area contributed by atoms with Gasteiger partial charge in [-0.2, -0.15) is 0 Å². The van der Waals surface area contributed by atoms with Crippen molar-refractivity contribution < 1.29 is 27.2 Å². The highest BCUT2D eigenvalue weighted by atomic mass is 32.2. The van der Waals surface area contributed by atoms with Gasteiger partial charge in [-0.05, 0) is 32.0 Å². The normalized spacial score (nSPS) is 12.1. The summed E-state index contributed by atoms with van der Waals surface area (Å²) in [5, 5.41) is 14.9. The Bertz CT molecular complexity index is 1350. The van der Waals surface area contributed by atoms with Gasteiger partial charge in [0.15, 0.2) is 5.75 Å². The number of ether oxygens (including phenoxy) is 2. The van der Waals surface area contributed by atoms with Gasteiger partial charge in [0.25, 0.3) is 5.88 Å². The molecule has 12 heteroatoms. The molecule has 0 aliphatic rings. The molecule has 0 unspecified atom stereocenters. The van der Waals surface area contributed by atoms with E-state index in [1.54, 1.807) is 19.1 Å². The van der Waals surface area contributed by atoms with Crippen LogP contribution in [0, 0.1) is 22.9 Å². The second kappa shape index (κ2) is 10.6. The van der Waals surface area contributed by atoms with Crippen LogP contribution in [0.4, 0.5) is 15.9 Å². The molecule has 3 rings (SSSR count). The number of sulfone groups is 1. The van der Waals surface area contributed by atoms with Crippen LogP contribution in [0.2, 0.25) is 0 Å². The molecule has 10 nitrogen and oxygen atoms in total. The number of rotatable bonds is 10. The molecule has 0 saturated carbocycles. The Morgan fingerprint density at radius 3 is 2.51 bits per heavy atom. The van der Waals surface area contributed by atoms with Crippen molar-refractivity contribution in [3.8, 4) is 22.8 Å². The molecule has 0 fully saturated rings. The number of halogens is 1. The predicted molar refractivity (Wildman–Crippen MR) is 129 cm³/mol. The Balaban J connectivity index is 2.11. The van der Waals surface area contributed by atoms with E-state index in [1.807, 2.05) is 0 Å². The Morgan fingerprint density at radius 1 is 1.20 bits per heavy atom. The average Bonchev–Trinajstić information content (AvgIpc) is 2.78. The number of hydrogen-bond donors (Lipinski definition) is 1. The summed E-state index contributed by atoms with van der Waals surface area (Å²) < 4.78 is 49.4. The first-order valence-electron chi connectivity index (χ1n) is 10.6. The van der Waals surface area contributed by atoms with Crippen LogP contribution in [0.1, 0.15) is 24.2 Å². The van der Waals surface area contributed by atoms with Gasteiger partial charge >= 0.3 is 5.69 Å². The Morgan fingerprint density at radius 2 is 1.91 bits per heavy atom. The maximum Gasteiger partial charge on any atom is 0.314 e. The van der Waals surface area contributed by atoms with Gasteiger partial charge in [0, 0.05) is 29.1 Å². The van der Waals surface area contributed by atoms with Gasteiger partial charge in [0.1, 0.15) is 15.7 Å². The van der Waals surface area contributed by atoms with Crippen LogP contribution in [0.15, 0.2) is 42.6 Å². The number of nitro groups is 1. The number of anilines is 1. The van der Waals surface area contributed by atoms with Crippen LogP contribution < -0.4 is 14.8 Å². The summed E-state index contributed by atoms with van der Waals surface area (Å²) >= 11 is 0. The predicted octanol–water partition coefficient (Wildman–Crippen LogP) is 4.10. The highest BCUT2D eigenvalue weighted by Gasteiger charge is 2.28. The van der Waals surface area contributed by atoms with Crippen LogP contribution in [0.25, 0.3) is 11.1 Å². The minimum atomic E-state index is -3.55. The number of aromatic nitrogens is 2. The van der Waals surface area contributed by atoms with Crippen LogP contribution in [-0.2, 0) is 9.84 Å². The van der Waals surface area contributed by atoms with E-state index in [4.69, 9.17) is 9.47 Å². The second-order valence-corrected chi connectivity index (χ2v) is 9.88. The van der Waals surface area contributed by atoms with E-state index in [2.05, 4.69) is 15.3 Å². The van der Waals surface area contributed by atoms with E-state index in [0.29, 0.717) is 12.4 Å². The summed E-state index contributed by atoms with van der Waals surface area (Å²) in [6.07, 6.45) is 2.36. The van der Waals surface area contributed by atoms with Crippen molar-refractivity contribution in [3.05, 3.63) is 69.8 Å². The fourth-order valence-electron chi connectivity index (χ4n) is 3.57. The van der Waals surface area contributed by atoms with Crippen molar-refractivity contribution in [2.75, 3.05) is 31.0 Å². The van der Waals surface area contributed by atoms with E-state index in [1.165, 1.54) is 44.5 Å². The SMILES string of the molecule is CCOc1nc([C@@H](CS(C)(=O)=O)Nc2ncc(-c3ccccc3F)c(C)c2[N+](=O)[O-])ccc1OC. The van der Waals surface area contributed by atoms with Crippen molar-refractivity contribution in [2.24, 2.45) is 0 Å². The fourth-order valence-corrected chi connectivity index (χ4v) is 4.43. The van der Waals surface area contributed by atoms with Gasteiger partial charge in [-0.25, -0.2) is 22.8 Å². The highest BCUT2D eigenvalue weighted by molar-refractivity contribution is 7.90. The molecule has 0 saturated heterocycles. The Hall–Kier alpha value is -3.80. The van der Waals surface area contributed by atoms with E-state index in [9.17, 15) is 22.9 Å². The van der Waals surface area contributed by atoms with Crippen LogP contribution >= 0.6 is 0 Å². The quantitative estimate of drug-likeness (QED) is 0.320. The van der Waals surface area contributed by atoms with Gasteiger partial charge in [-0.1, -0.05) is 18.2 Å². The maximum absolute atomic E-state index is 14.4. The number of methoxy groups -OCH3 is 1. The van der Waals surface area contributed by atoms with Crippen molar-refractivity contribution in [3.63, 3.8) is 0 Å². The van der Waals surface area contributed by atoms with Crippen molar-refractivity contribution >= 4 is 21.3 Å². The van der Waals surface area contributed by atoms with Gasteiger partial charge in [0.05, 0.1) is 36.1 Å². The lowest BCUT2D eigenvalue weighted by atomic mass is 10.0. The highest BCUT2D eigenvalue weighted by Crippen LogP contribution is 2.37. The lowest BCUT2D eigenvalue weighted by molar-refractivity contribution is -0.384. The molecule has 0 spiro atoms. The lowest BCUT2D eigenvalue weighted by Crippen LogP contribution is -2.23. The Kier molecular flexibility index (Phi) is 7.85.